The molecule has 1 rings (SSSR count). The summed E-state index contributed by atoms with van der Waals surface area (Å²) in [4.78, 5) is 9.75. The molecule has 0 unspecified atom stereocenters. The second-order valence-corrected chi connectivity index (χ2v) is 2.44. The number of methoxy groups -OCH3 is 1. The number of rotatable bonds is 4. The molecule has 0 amide bonds. The molecule has 0 aliphatic carbocycles. The fourth-order valence-corrected chi connectivity index (χ4v) is 1.04. The van der Waals surface area contributed by atoms with Crippen LogP contribution in [0.5, 0.6) is 11.5 Å². The van der Waals surface area contributed by atoms with Gasteiger partial charge in [-0.1, -0.05) is 6.07 Å². The summed E-state index contributed by atoms with van der Waals surface area (Å²) in [7, 11) is 1.20. The quantitative estimate of drug-likeness (QED) is 0.575. The van der Waals surface area contributed by atoms with Gasteiger partial charge >= 0.3 is 12.3 Å². The lowest BCUT2D eigenvalue weighted by Gasteiger charge is -2.07. The number of ether oxygens (including phenoxy) is 2. The SMILES string of the molecule is COc1cccc(OC(F)F)c1[N+](=O)[O-]. The molecule has 0 fully saturated rings. The first-order valence-corrected chi connectivity index (χ1v) is 3.82. The maximum Gasteiger partial charge on any atom is 0.387 e. The van der Waals surface area contributed by atoms with Crippen molar-refractivity contribution in [1.29, 1.82) is 0 Å². The number of hydrogen-bond donors (Lipinski definition) is 0. The van der Waals surface area contributed by atoms with Crippen LogP contribution in [-0.4, -0.2) is 18.6 Å². The van der Waals surface area contributed by atoms with Crippen molar-refractivity contribution in [3.05, 3.63) is 28.3 Å². The molecule has 0 saturated carbocycles. The molecule has 0 aliphatic rings. The molecule has 82 valence electrons. The van der Waals surface area contributed by atoms with Gasteiger partial charge in [0, 0.05) is 0 Å². The van der Waals surface area contributed by atoms with Crippen LogP contribution in [0.1, 0.15) is 0 Å². The minimum atomic E-state index is -3.11. The van der Waals surface area contributed by atoms with Crippen molar-refractivity contribution < 1.29 is 23.2 Å². The fraction of sp³-hybridized carbons (Fsp3) is 0.250. The molecule has 1 aromatic rings. The van der Waals surface area contributed by atoms with Gasteiger partial charge < -0.3 is 9.47 Å². The molecule has 7 heteroatoms. The first-order chi connectivity index (χ1) is 7.06. The van der Waals surface area contributed by atoms with Gasteiger partial charge in [-0.25, -0.2) is 0 Å². The van der Waals surface area contributed by atoms with E-state index in [9.17, 15) is 18.9 Å². The second-order valence-electron chi connectivity index (χ2n) is 2.44. The summed E-state index contributed by atoms with van der Waals surface area (Å²) in [5.41, 5.74) is -0.611. The van der Waals surface area contributed by atoms with Crippen LogP contribution < -0.4 is 9.47 Å². The Labute approximate surface area is 83.4 Å². The van der Waals surface area contributed by atoms with Gasteiger partial charge in [0.25, 0.3) is 0 Å². The number of halogens is 2. The first kappa shape index (κ1) is 11.2. The third-order valence-corrected chi connectivity index (χ3v) is 1.58. The van der Waals surface area contributed by atoms with Gasteiger partial charge in [0.2, 0.25) is 11.5 Å². The van der Waals surface area contributed by atoms with Crippen molar-refractivity contribution >= 4 is 5.69 Å². The maximum atomic E-state index is 11.9. The standard InChI is InChI=1S/C8H7F2NO4/c1-14-5-3-2-4-6(15-8(9)10)7(5)11(12)13/h2-4,8H,1H3. The Morgan fingerprint density at radius 1 is 1.40 bits per heavy atom. The van der Waals surface area contributed by atoms with Crippen LogP contribution in [0.2, 0.25) is 0 Å². The van der Waals surface area contributed by atoms with Crippen LogP contribution in [0, 0.1) is 10.1 Å². The van der Waals surface area contributed by atoms with Crippen molar-refractivity contribution in [3.63, 3.8) is 0 Å². The third-order valence-electron chi connectivity index (χ3n) is 1.58. The number of nitro groups is 1. The van der Waals surface area contributed by atoms with E-state index in [4.69, 9.17) is 0 Å². The molecular formula is C8H7F2NO4. The van der Waals surface area contributed by atoms with Crippen LogP contribution >= 0.6 is 0 Å². The van der Waals surface area contributed by atoms with Gasteiger partial charge in [0.1, 0.15) is 0 Å². The molecule has 5 nitrogen and oxygen atoms in total. The number of hydrogen-bond acceptors (Lipinski definition) is 4. The summed E-state index contributed by atoms with van der Waals surface area (Å²) in [6, 6.07) is 3.69. The normalized spacial score (nSPS) is 10.1. The van der Waals surface area contributed by atoms with Gasteiger partial charge in [-0.05, 0) is 12.1 Å². The van der Waals surface area contributed by atoms with Crippen LogP contribution in [0.15, 0.2) is 18.2 Å². The molecule has 0 aliphatic heterocycles. The first-order valence-electron chi connectivity index (χ1n) is 3.82. The molecule has 0 aromatic heterocycles. The number of alkyl halides is 2. The summed E-state index contributed by atoms with van der Waals surface area (Å²) < 4.78 is 32.5. The summed E-state index contributed by atoms with van der Waals surface area (Å²) in [5, 5.41) is 10.6. The van der Waals surface area contributed by atoms with E-state index in [1.165, 1.54) is 19.2 Å². The number of para-hydroxylation sites is 1. The molecule has 0 saturated heterocycles. The Morgan fingerprint density at radius 2 is 2.00 bits per heavy atom. The van der Waals surface area contributed by atoms with E-state index in [-0.39, 0.29) is 5.75 Å². The van der Waals surface area contributed by atoms with E-state index in [1.807, 2.05) is 0 Å². The van der Waals surface area contributed by atoms with Crippen LogP contribution in [0.25, 0.3) is 0 Å². The van der Waals surface area contributed by atoms with Crippen molar-refractivity contribution in [1.82, 2.24) is 0 Å². The number of nitrogens with zero attached hydrogens (tertiary/aromatic N) is 1. The summed E-state index contributed by atoms with van der Waals surface area (Å²) in [6.07, 6.45) is 0. The average Bonchev–Trinajstić information content (AvgIpc) is 2.15. The molecule has 0 bridgehead atoms. The molecule has 0 heterocycles. The molecule has 0 radical (unpaired) electrons. The Bertz CT molecular complexity index is 370. The lowest BCUT2D eigenvalue weighted by Crippen LogP contribution is -2.05. The third kappa shape index (κ3) is 2.52. The second kappa shape index (κ2) is 4.54. The van der Waals surface area contributed by atoms with E-state index in [0.717, 1.165) is 6.07 Å². The highest BCUT2D eigenvalue weighted by Crippen LogP contribution is 2.36. The van der Waals surface area contributed by atoms with Gasteiger partial charge in [0.05, 0.1) is 12.0 Å². The molecule has 0 spiro atoms. The minimum Gasteiger partial charge on any atom is -0.490 e. The summed E-state index contributed by atoms with van der Waals surface area (Å²) >= 11 is 0. The molecule has 15 heavy (non-hydrogen) atoms. The largest absolute Gasteiger partial charge is 0.490 e. The number of benzene rings is 1. The van der Waals surface area contributed by atoms with Crippen LogP contribution in [0.3, 0.4) is 0 Å². The zero-order valence-corrected chi connectivity index (χ0v) is 7.65. The van der Waals surface area contributed by atoms with Gasteiger partial charge in [-0.2, -0.15) is 8.78 Å². The van der Waals surface area contributed by atoms with Gasteiger partial charge in [-0.15, -0.1) is 0 Å². The number of nitro benzene ring substituents is 1. The van der Waals surface area contributed by atoms with Crippen LogP contribution in [-0.2, 0) is 0 Å². The van der Waals surface area contributed by atoms with E-state index >= 15 is 0 Å². The fourth-order valence-electron chi connectivity index (χ4n) is 1.04. The maximum absolute atomic E-state index is 11.9. The monoisotopic (exact) mass is 219 g/mol. The predicted molar refractivity (Wildman–Crippen MR) is 46.3 cm³/mol. The van der Waals surface area contributed by atoms with E-state index in [0.29, 0.717) is 0 Å². The molecule has 0 N–H and O–H groups in total. The topological polar surface area (TPSA) is 61.6 Å². The molecular weight excluding hydrogens is 212 g/mol. The van der Waals surface area contributed by atoms with Crippen LogP contribution in [0.4, 0.5) is 14.5 Å². The van der Waals surface area contributed by atoms with E-state index in [2.05, 4.69) is 9.47 Å². The Balaban J connectivity index is 3.19. The smallest absolute Gasteiger partial charge is 0.387 e. The van der Waals surface area contributed by atoms with Crippen molar-refractivity contribution in [2.45, 2.75) is 6.61 Å². The van der Waals surface area contributed by atoms with Crippen molar-refractivity contribution in [2.24, 2.45) is 0 Å². The lowest BCUT2D eigenvalue weighted by atomic mass is 10.3. The highest BCUT2D eigenvalue weighted by atomic mass is 19.3. The van der Waals surface area contributed by atoms with Gasteiger partial charge in [-0.3, -0.25) is 10.1 Å². The minimum absolute atomic E-state index is 0.127. The zero-order valence-electron chi connectivity index (χ0n) is 7.65. The highest BCUT2D eigenvalue weighted by molar-refractivity contribution is 5.57. The van der Waals surface area contributed by atoms with E-state index < -0.39 is 23.0 Å². The Hall–Kier alpha value is -1.92. The van der Waals surface area contributed by atoms with Crippen molar-refractivity contribution in [2.75, 3.05) is 7.11 Å². The predicted octanol–water partition coefficient (Wildman–Crippen LogP) is 2.20. The highest BCUT2D eigenvalue weighted by Gasteiger charge is 2.23. The van der Waals surface area contributed by atoms with Gasteiger partial charge in [0.15, 0.2) is 0 Å². The summed E-state index contributed by atoms with van der Waals surface area (Å²) in [5.74, 6) is -0.646. The average molecular weight is 219 g/mol. The lowest BCUT2D eigenvalue weighted by molar-refractivity contribution is -0.387. The Kier molecular flexibility index (Phi) is 3.37. The zero-order chi connectivity index (χ0) is 11.4. The Morgan fingerprint density at radius 3 is 2.47 bits per heavy atom. The molecule has 1 aromatic carbocycles. The molecule has 0 atom stereocenters. The summed E-state index contributed by atoms with van der Waals surface area (Å²) in [6.45, 7) is -3.11. The van der Waals surface area contributed by atoms with E-state index in [1.54, 1.807) is 0 Å². The van der Waals surface area contributed by atoms with Crippen molar-refractivity contribution in [3.8, 4) is 11.5 Å².